The Morgan fingerprint density at radius 3 is 2.80 bits per heavy atom. The van der Waals surface area contributed by atoms with E-state index in [1.165, 1.54) is 6.07 Å². The second-order valence-corrected chi connectivity index (χ2v) is 4.94. The highest BCUT2D eigenvalue weighted by Gasteiger charge is 2.34. The van der Waals surface area contributed by atoms with Gasteiger partial charge in [0.25, 0.3) is 11.5 Å². The van der Waals surface area contributed by atoms with Crippen molar-refractivity contribution in [3.8, 4) is 0 Å². The fourth-order valence-electron chi connectivity index (χ4n) is 2.28. The normalized spacial score (nSPS) is 14.3. The van der Waals surface area contributed by atoms with Gasteiger partial charge in [-0.25, -0.2) is 14.3 Å². The highest BCUT2D eigenvalue weighted by Crippen LogP contribution is 2.21. The molecule has 2 aromatic rings. The highest BCUT2D eigenvalue weighted by atomic mass is 16.4. The van der Waals surface area contributed by atoms with Crippen LogP contribution in [0.4, 0.5) is 0 Å². The molecule has 2 N–H and O–H groups in total. The number of H-pyrrole nitrogens is 1. The van der Waals surface area contributed by atoms with Crippen molar-refractivity contribution in [2.45, 2.75) is 26.4 Å². The summed E-state index contributed by atoms with van der Waals surface area (Å²) in [5, 5.41) is 11.4. The van der Waals surface area contributed by atoms with E-state index in [4.69, 9.17) is 5.11 Å². The SMILES string of the molecule is CC(C)N1Cc2c(nc3cc(C(=O)O)[nH]n3c2=O)C1=O.[HH]. The number of aromatic amines is 1. The van der Waals surface area contributed by atoms with Crippen LogP contribution in [0.3, 0.4) is 0 Å². The zero-order chi connectivity index (χ0) is 14.6. The van der Waals surface area contributed by atoms with Crippen molar-refractivity contribution >= 4 is 17.5 Å². The van der Waals surface area contributed by atoms with Crippen LogP contribution in [0.5, 0.6) is 0 Å². The topological polar surface area (TPSA) is 108 Å². The van der Waals surface area contributed by atoms with E-state index in [0.29, 0.717) is 5.56 Å². The standard InChI is InChI=1S/C12H12N4O4.H2/c1-5(2)15-4-6-9(11(15)18)13-8-3-7(12(19)20)14-16(8)10(6)17;/h3,5,14H,4H2,1-2H3,(H,19,20);1H. The average Bonchev–Trinajstić information content (AvgIpc) is 2.93. The Hall–Kier alpha value is -2.64. The average molecular weight is 278 g/mol. The van der Waals surface area contributed by atoms with Gasteiger partial charge in [0.15, 0.2) is 5.65 Å². The van der Waals surface area contributed by atoms with E-state index >= 15 is 0 Å². The van der Waals surface area contributed by atoms with Crippen molar-refractivity contribution in [1.82, 2.24) is 19.5 Å². The molecule has 0 unspecified atom stereocenters. The molecule has 0 bridgehead atoms. The number of nitrogens with zero attached hydrogens (tertiary/aromatic N) is 3. The maximum absolute atomic E-state index is 12.3. The first-order valence-electron chi connectivity index (χ1n) is 6.09. The molecule has 8 nitrogen and oxygen atoms in total. The molecule has 0 atom stereocenters. The van der Waals surface area contributed by atoms with Gasteiger partial charge >= 0.3 is 5.97 Å². The molecule has 106 valence electrons. The Bertz CT molecular complexity index is 807. The summed E-state index contributed by atoms with van der Waals surface area (Å²) in [4.78, 5) is 41.0. The molecule has 20 heavy (non-hydrogen) atoms. The van der Waals surface area contributed by atoms with Crippen molar-refractivity contribution in [2.75, 3.05) is 0 Å². The number of aromatic carboxylic acids is 1. The van der Waals surface area contributed by atoms with Crippen LogP contribution in [0.1, 0.15) is 41.8 Å². The molecule has 3 heterocycles. The van der Waals surface area contributed by atoms with Gasteiger partial charge in [-0.05, 0) is 13.8 Å². The largest absolute Gasteiger partial charge is 0.477 e. The Balaban J connectivity index is 0.00000161. The third kappa shape index (κ3) is 1.54. The van der Waals surface area contributed by atoms with Crippen molar-refractivity contribution in [3.05, 3.63) is 33.4 Å². The Labute approximate surface area is 114 Å². The molecular formula is C12H14N4O4. The van der Waals surface area contributed by atoms with Crippen LogP contribution in [-0.2, 0) is 6.54 Å². The summed E-state index contributed by atoms with van der Waals surface area (Å²) >= 11 is 0. The maximum atomic E-state index is 12.3. The number of nitrogens with one attached hydrogen (secondary N) is 1. The lowest BCUT2D eigenvalue weighted by Crippen LogP contribution is -2.31. The lowest BCUT2D eigenvalue weighted by atomic mass is 10.2. The first kappa shape index (κ1) is 12.4. The van der Waals surface area contributed by atoms with E-state index in [1.807, 2.05) is 13.8 Å². The molecule has 0 saturated carbocycles. The Morgan fingerprint density at radius 2 is 2.20 bits per heavy atom. The summed E-state index contributed by atoms with van der Waals surface area (Å²) in [6.07, 6.45) is 0. The summed E-state index contributed by atoms with van der Waals surface area (Å²) in [5.74, 6) is -1.49. The lowest BCUT2D eigenvalue weighted by Gasteiger charge is -2.19. The van der Waals surface area contributed by atoms with Gasteiger partial charge < -0.3 is 10.0 Å². The first-order chi connectivity index (χ1) is 9.40. The molecule has 0 aromatic carbocycles. The van der Waals surface area contributed by atoms with Crippen molar-refractivity contribution in [2.24, 2.45) is 0 Å². The van der Waals surface area contributed by atoms with E-state index in [9.17, 15) is 14.4 Å². The van der Waals surface area contributed by atoms with E-state index in [1.54, 1.807) is 4.90 Å². The van der Waals surface area contributed by atoms with Gasteiger partial charge in [-0.3, -0.25) is 14.7 Å². The third-order valence-electron chi connectivity index (χ3n) is 3.35. The number of hydrogen-bond acceptors (Lipinski definition) is 4. The van der Waals surface area contributed by atoms with E-state index in [0.717, 1.165) is 4.52 Å². The van der Waals surface area contributed by atoms with Crippen LogP contribution in [0.2, 0.25) is 0 Å². The molecule has 0 aliphatic carbocycles. The van der Waals surface area contributed by atoms with Crippen molar-refractivity contribution in [1.29, 1.82) is 0 Å². The zero-order valence-corrected chi connectivity index (χ0v) is 10.9. The summed E-state index contributed by atoms with van der Waals surface area (Å²) in [6.45, 7) is 3.91. The zero-order valence-electron chi connectivity index (χ0n) is 10.9. The van der Waals surface area contributed by atoms with Crippen LogP contribution >= 0.6 is 0 Å². The number of carboxylic acids is 1. The number of carboxylic acid groups (broad SMARTS) is 1. The van der Waals surface area contributed by atoms with Gasteiger partial charge in [0.2, 0.25) is 0 Å². The number of amides is 1. The quantitative estimate of drug-likeness (QED) is 0.823. The number of carbonyl (C=O) groups excluding carboxylic acids is 1. The van der Waals surface area contributed by atoms with Crippen molar-refractivity contribution < 1.29 is 16.1 Å². The molecule has 0 radical (unpaired) electrons. The Kier molecular flexibility index (Phi) is 2.43. The predicted molar refractivity (Wildman–Crippen MR) is 69.9 cm³/mol. The van der Waals surface area contributed by atoms with Gasteiger partial charge in [0, 0.05) is 13.5 Å². The Morgan fingerprint density at radius 1 is 1.50 bits per heavy atom. The van der Waals surface area contributed by atoms with Gasteiger partial charge in [-0.1, -0.05) is 0 Å². The van der Waals surface area contributed by atoms with E-state index in [-0.39, 0.29) is 37.0 Å². The van der Waals surface area contributed by atoms with E-state index in [2.05, 4.69) is 10.1 Å². The molecular weight excluding hydrogens is 264 g/mol. The monoisotopic (exact) mass is 278 g/mol. The minimum absolute atomic E-state index is 0. The maximum Gasteiger partial charge on any atom is 0.353 e. The molecule has 1 aliphatic rings. The smallest absolute Gasteiger partial charge is 0.353 e. The predicted octanol–water partition coefficient (Wildman–Crippen LogP) is 0.331. The first-order valence-corrected chi connectivity index (χ1v) is 6.09. The van der Waals surface area contributed by atoms with Crippen LogP contribution < -0.4 is 5.56 Å². The second-order valence-electron chi connectivity index (χ2n) is 4.94. The number of hydrogen-bond donors (Lipinski definition) is 2. The lowest BCUT2D eigenvalue weighted by molar-refractivity contribution is 0.0688. The van der Waals surface area contributed by atoms with Crippen LogP contribution in [0, 0.1) is 0 Å². The fourth-order valence-corrected chi connectivity index (χ4v) is 2.28. The molecule has 1 amide bonds. The third-order valence-corrected chi connectivity index (χ3v) is 3.35. The number of aromatic nitrogens is 3. The van der Waals surface area contributed by atoms with Crippen LogP contribution in [-0.4, -0.2) is 42.5 Å². The number of carbonyl (C=O) groups is 2. The molecule has 0 fully saturated rings. The molecule has 3 rings (SSSR count). The molecule has 0 spiro atoms. The summed E-state index contributed by atoms with van der Waals surface area (Å²) in [6, 6.07) is 1.20. The molecule has 2 aromatic heterocycles. The van der Waals surface area contributed by atoms with Gasteiger partial charge in [0.1, 0.15) is 11.4 Å². The number of rotatable bonds is 2. The van der Waals surface area contributed by atoms with E-state index < -0.39 is 11.5 Å². The van der Waals surface area contributed by atoms with Crippen LogP contribution in [0.25, 0.3) is 5.65 Å². The number of fused-ring (bicyclic) bond motifs is 2. The molecule has 8 heteroatoms. The van der Waals surface area contributed by atoms with Gasteiger partial charge in [-0.2, -0.15) is 0 Å². The second kappa shape index (κ2) is 3.92. The summed E-state index contributed by atoms with van der Waals surface area (Å²) in [7, 11) is 0. The summed E-state index contributed by atoms with van der Waals surface area (Å²) in [5.41, 5.74) is -0.0508. The minimum atomic E-state index is -1.19. The van der Waals surface area contributed by atoms with Gasteiger partial charge in [0.05, 0.1) is 12.1 Å². The van der Waals surface area contributed by atoms with Crippen molar-refractivity contribution in [3.63, 3.8) is 0 Å². The minimum Gasteiger partial charge on any atom is -0.477 e. The van der Waals surface area contributed by atoms with Gasteiger partial charge in [-0.15, -0.1) is 0 Å². The highest BCUT2D eigenvalue weighted by molar-refractivity contribution is 5.97. The fraction of sp³-hybridized carbons (Fsp3) is 0.333. The van der Waals surface area contributed by atoms with Crippen LogP contribution in [0.15, 0.2) is 10.9 Å². The summed E-state index contributed by atoms with van der Waals surface area (Å²) < 4.78 is 1.05. The molecule has 1 aliphatic heterocycles. The molecule has 0 saturated heterocycles.